The van der Waals surface area contributed by atoms with E-state index >= 15 is 0 Å². The summed E-state index contributed by atoms with van der Waals surface area (Å²) in [6.45, 7) is 0. The molecule has 0 aliphatic rings. The predicted molar refractivity (Wildman–Crippen MR) is 30.7 cm³/mol. The monoisotopic (exact) mass is 156 g/mol. The van der Waals surface area contributed by atoms with Crippen LogP contribution in [0.4, 0.5) is 0 Å². The van der Waals surface area contributed by atoms with Gasteiger partial charge in [0.2, 0.25) is 0 Å². The van der Waals surface area contributed by atoms with Gasteiger partial charge in [-0.3, -0.25) is 9.35 Å². The molecule has 0 spiro atoms. The normalized spacial score (nSPS) is 12.8. The van der Waals surface area contributed by atoms with Crippen molar-refractivity contribution in [2.24, 2.45) is 0 Å². The Morgan fingerprint density at radius 2 is 2.38 bits per heavy atom. The maximum atomic E-state index is 9.97. The van der Waals surface area contributed by atoms with Crippen molar-refractivity contribution in [3.05, 3.63) is 0 Å². The smallest absolute Gasteiger partial charge is 0.342 e. The molecule has 0 rings (SSSR count). The molecule has 0 fully saturated rings. The van der Waals surface area contributed by atoms with E-state index in [0.29, 0.717) is 0 Å². The van der Waals surface area contributed by atoms with E-state index in [-0.39, 0.29) is 5.75 Å². The fourth-order valence-corrected chi connectivity index (χ4v) is 0.476. The molecule has 0 saturated heterocycles. The molecule has 1 unspecified atom stereocenters. The number of carbonyl (C=O) groups is 1. The van der Waals surface area contributed by atoms with Gasteiger partial charge in [-0.2, -0.15) is 16.8 Å². The topological polar surface area (TPSA) is 63.6 Å². The Kier molecular flexibility index (Phi) is 3.84. The van der Waals surface area contributed by atoms with Gasteiger partial charge in [0.05, 0.1) is 5.75 Å². The van der Waals surface area contributed by atoms with E-state index in [2.05, 4.69) is 16.8 Å². The third-order valence-electron chi connectivity index (χ3n) is 0.293. The maximum absolute atomic E-state index is 9.97. The van der Waals surface area contributed by atoms with Crippen LogP contribution in [-0.2, 0) is 20.3 Å². The summed E-state index contributed by atoms with van der Waals surface area (Å²) >= 11 is 0.976. The zero-order valence-corrected chi connectivity index (χ0v) is 5.45. The number of thiol groups is 1. The molecule has 48 valence electrons. The van der Waals surface area contributed by atoms with Gasteiger partial charge in [0.1, 0.15) is 0 Å². The third kappa shape index (κ3) is 4.10. The summed E-state index contributed by atoms with van der Waals surface area (Å²) in [7, 11) is 0. The average molecular weight is 156 g/mol. The fraction of sp³-hybridized carbons (Fsp3) is 0.500. The Balaban J connectivity index is 3.40. The highest BCUT2D eigenvalue weighted by atomic mass is 32.2. The second kappa shape index (κ2) is 3.88. The lowest BCUT2D eigenvalue weighted by Crippen LogP contribution is -2.06. The van der Waals surface area contributed by atoms with Crippen molar-refractivity contribution in [1.82, 2.24) is 0 Å². The molecule has 0 aliphatic carbocycles. The maximum Gasteiger partial charge on any atom is 0.360 e. The highest BCUT2D eigenvalue weighted by Gasteiger charge is 2.01. The Bertz CT molecular complexity index is 111. The summed E-state index contributed by atoms with van der Waals surface area (Å²) in [6, 6.07) is 0. The SMILES string of the molecule is O=C(CS)OS(=O)O. The van der Waals surface area contributed by atoms with Crippen molar-refractivity contribution in [3.8, 4) is 0 Å². The largest absolute Gasteiger partial charge is 0.360 e. The van der Waals surface area contributed by atoms with Gasteiger partial charge in [0, 0.05) is 0 Å². The minimum absolute atomic E-state index is 0.188. The zero-order chi connectivity index (χ0) is 6.57. The van der Waals surface area contributed by atoms with Gasteiger partial charge >= 0.3 is 17.3 Å². The number of hydrogen-bond donors (Lipinski definition) is 2. The number of rotatable bonds is 2. The van der Waals surface area contributed by atoms with Gasteiger partial charge < -0.3 is 4.18 Å². The summed E-state index contributed by atoms with van der Waals surface area (Å²) < 4.78 is 21.2. The molecule has 4 nitrogen and oxygen atoms in total. The van der Waals surface area contributed by atoms with Crippen LogP contribution in [0.3, 0.4) is 0 Å². The van der Waals surface area contributed by atoms with Gasteiger partial charge in [-0.1, -0.05) is 0 Å². The van der Waals surface area contributed by atoms with E-state index in [0.717, 1.165) is 0 Å². The van der Waals surface area contributed by atoms with E-state index in [4.69, 9.17) is 4.55 Å². The lowest BCUT2D eigenvalue weighted by atomic mass is 10.8. The molecule has 0 aromatic heterocycles. The molecule has 6 heteroatoms. The van der Waals surface area contributed by atoms with Gasteiger partial charge in [-0.15, -0.1) is 0 Å². The molecule has 0 aromatic carbocycles. The molecule has 0 saturated carbocycles. The Morgan fingerprint density at radius 3 is 2.50 bits per heavy atom. The molecule has 8 heavy (non-hydrogen) atoms. The van der Waals surface area contributed by atoms with Crippen molar-refractivity contribution in [1.29, 1.82) is 0 Å². The summed E-state index contributed by atoms with van der Waals surface area (Å²) in [6.07, 6.45) is 0. The van der Waals surface area contributed by atoms with Crippen LogP contribution in [0.1, 0.15) is 0 Å². The molecule has 0 aliphatic heterocycles. The standard InChI is InChI=1S/C2H4O4S2/c3-2(1-7)6-8(4)5/h7H,1H2,(H,4,5). The molecule has 0 aromatic rings. The van der Waals surface area contributed by atoms with Crippen LogP contribution >= 0.6 is 12.6 Å². The van der Waals surface area contributed by atoms with Crippen LogP contribution in [0.5, 0.6) is 0 Å². The van der Waals surface area contributed by atoms with Gasteiger partial charge in [-0.05, 0) is 0 Å². The minimum Gasteiger partial charge on any atom is -0.342 e. The molecule has 0 radical (unpaired) electrons. The van der Waals surface area contributed by atoms with Crippen LogP contribution in [0.15, 0.2) is 0 Å². The zero-order valence-electron chi connectivity index (χ0n) is 3.73. The van der Waals surface area contributed by atoms with Gasteiger partial charge in [0.15, 0.2) is 0 Å². The molecular formula is C2H4O4S2. The summed E-state index contributed by atoms with van der Waals surface area (Å²) in [5.74, 6) is -0.999. The van der Waals surface area contributed by atoms with Crippen LogP contribution in [-0.4, -0.2) is 20.5 Å². The van der Waals surface area contributed by atoms with Gasteiger partial charge in [0.25, 0.3) is 0 Å². The first kappa shape index (κ1) is 7.93. The van der Waals surface area contributed by atoms with Crippen molar-refractivity contribution in [2.45, 2.75) is 0 Å². The molecular weight excluding hydrogens is 152 g/mol. The van der Waals surface area contributed by atoms with E-state index in [1.54, 1.807) is 0 Å². The van der Waals surface area contributed by atoms with Crippen molar-refractivity contribution >= 4 is 30.0 Å². The Morgan fingerprint density at radius 1 is 1.88 bits per heavy atom. The first-order valence-electron chi connectivity index (χ1n) is 1.59. The quantitative estimate of drug-likeness (QED) is 0.421. The fourth-order valence-electron chi connectivity index (χ4n) is 0.106. The second-order valence-electron chi connectivity index (χ2n) is 0.831. The Hall–Kier alpha value is -0.0700. The highest BCUT2D eigenvalue weighted by molar-refractivity contribution is 7.81. The second-order valence-corrected chi connectivity index (χ2v) is 1.75. The van der Waals surface area contributed by atoms with E-state index in [9.17, 15) is 9.00 Å². The molecule has 1 atom stereocenters. The molecule has 1 N–H and O–H groups in total. The first-order chi connectivity index (χ1) is 3.66. The number of hydrogen-bond acceptors (Lipinski definition) is 4. The summed E-state index contributed by atoms with van der Waals surface area (Å²) in [5, 5.41) is 0. The lowest BCUT2D eigenvalue weighted by molar-refractivity contribution is -0.130. The molecule has 0 amide bonds. The average Bonchev–Trinajstić information content (AvgIpc) is 1.65. The van der Waals surface area contributed by atoms with E-state index in [1.807, 2.05) is 0 Å². The third-order valence-corrected chi connectivity index (χ3v) is 0.880. The van der Waals surface area contributed by atoms with E-state index in [1.165, 1.54) is 0 Å². The summed E-state index contributed by atoms with van der Waals surface area (Å²) in [4.78, 5) is 9.97. The van der Waals surface area contributed by atoms with E-state index < -0.39 is 17.3 Å². The number of carbonyl (C=O) groups excluding carboxylic acids is 1. The van der Waals surface area contributed by atoms with Gasteiger partial charge in [-0.25, -0.2) is 0 Å². The summed E-state index contributed by atoms with van der Waals surface area (Å²) in [5.41, 5.74) is 0. The van der Waals surface area contributed by atoms with Crippen LogP contribution in [0.2, 0.25) is 0 Å². The first-order valence-corrected chi connectivity index (χ1v) is 3.26. The van der Waals surface area contributed by atoms with Crippen LogP contribution in [0.25, 0.3) is 0 Å². The highest BCUT2D eigenvalue weighted by Crippen LogP contribution is 1.83. The predicted octanol–water partition coefficient (Wildman–Crippen LogP) is -0.404. The van der Waals surface area contributed by atoms with Crippen molar-refractivity contribution in [3.63, 3.8) is 0 Å². The van der Waals surface area contributed by atoms with Crippen LogP contribution < -0.4 is 0 Å². The minimum atomic E-state index is -2.49. The molecule has 0 bridgehead atoms. The Labute approximate surface area is 54.1 Å². The van der Waals surface area contributed by atoms with Crippen molar-refractivity contribution in [2.75, 3.05) is 5.75 Å². The molecule has 0 heterocycles. The van der Waals surface area contributed by atoms with Crippen molar-refractivity contribution < 1.29 is 17.7 Å². The van der Waals surface area contributed by atoms with Crippen LogP contribution in [0, 0.1) is 0 Å². The lowest BCUT2D eigenvalue weighted by Gasteiger charge is -1.90.